The molecule has 0 aliphatic heterocycles. The van der Waals surface area contributed by atoms with Crippen molar-refractivity contribution in [2.75, 3.05) is 13.1 Å². The topological polar surface area (TPSA) is 70.8 Å². The summed E-state index contributed by atoms with van der Waals surface area (Å²) in [6.45, 7) is 2.87. The van der Waals surface area contributed by atoms with Crippen LogP contribution in [0, 0.1) is 0 Å². The fourth-order valence-corrected chi connectivity index (χ4v) is 1.65. The molecule has 0 aromatic carbocycles. The van der Waals surface area contributed by atoms with Crippen molar-refractivity contribution in [1.29, 1.82) is 0 Å². The minimum atomic E-state index is -0.900. The van der Waals surface area contributed by atoms with E-state index in [4.69, 9.17) is 9.52 Å². The number of amides is 1. The van der Waals surface area contributed by atoms with Crippen LogP contribution in [0.1, 0.15) is 43.2 Å². The van der Waals surface area contributed by atoms with Gasteiger partial charge in [0.2, 0.25) is 0 Å². The van der Waals surface area contributed by atoms with Crippen LogP contribution in [-0.4, -0.2) is 35.0 Å². The van der Waals surface area contributed by atoms with Crippen molar-refractivity contribution in [2.45, 2.75) is 32.6 Å². The normalized spacial score (nSPS) is 10.3. The van der Waals surface area contributed by atoms with Crippen molar-refractivity contribution in [1.82, 2.24) is 4.90 Å². The number of carbonyl (C=O) groups is 2. The quantitative estimate of drug-likeness (QED) is 0.722. The van der Waals surface area contributed by atoms with Gasteiger partial charge in [0, 0.05) is 13.1 Å². The zero-order chi connectivity index (χ0) is 13.4. The molecule has 1 aromatic heterocycles. The van der Waals surface area contributed by atoms with Gasteiger partial charge in [-0.15, -0.1) is 0 Å². The number of furan rings is 1. The first-order valence-corrected chi connectivity index (χ1v) is 6.19. The molecule has 1 aromatic rings. The Morgan fingerprint density at radius 2 is 2.11 bits per heavy atom. The standard InChI is InChI=1S/C13H19NO4/c1-2-3-4-8-14(9-7-12(15)16)13(17)11-6-5-10-18-11/h5-6,10H,2-4,7-9H2,1H3,(H,15,16). The molecule has 0 aliphatic carbocycles. The molecule has 0 saturated carbocycles. The summed E-state index contributed by atoms with van der Waals surface area (Å²) in [6, 6.07) is 3.24. The van der Waals surface area contributed by atoms with Gasteiger partial charge in [0.15, 0.2) is 5.76 Å². The largest absolute Gasteiger partial charge is 0.481 e. The molecule has 0 bridgehead atoms. The fraction of sp³-hybridized carbons (Fsp3) is 0.538. The molecular weight excluding hydrogens is 234 g/mol. The van der Waals surface area contributed by atoms with Crippen LogP contribution >= 0.6 is 0 Å². The number of unbranched alkanes of at least 4 members (excludes halogenated alkanes) is 2. The first-order chi connectivity index (χ1) is 8.65. The number of hydrogen-bond acceptors (Lipinski definition) is 3. The zero-order valence-corrected chi connectivity index (χ0v) is 10.6. The van der Waals surface area contributed by atoms with Crippen LogP contribution in [0.5, 0.6) is 0 Å². The van der Waals surface area contributed by atoms with E-state index in [1.54, 1.807) is 17.0 Å². The van der Waals surface area contributed by atoms with Crippen molar-refractivity contribution in [3.05, 3.63) is 24.2 Å². The van der Waals surface area contributed by atoms with Crippen molar-refractivity contribution >= 4 is 11.9 Å². The molecule has 1 N–H and O–H groups in total. The molecule has 0 saturated heterocycles. The predicted molar refractivity (Wildman–Crippen MR) is 66.4 cm³/mol. The lowest BCUT2D eigenvalue weighted by molar-refractivity contribution is -0.137. The van der Waals surface area contributed by atoms with E-state index in [1.165, 1.54) is 6.26 Å². The Bertz CT molecular complexity index is 372. The van der Waals surface area contributed by atoms with Crippen molar-refractivity contribution < 1.29 is 19.1 Å². The van der Waals surface area contributed by atoms with E-state index in [1.807, 2.05) is 0 Å². The van der Waals surface area contributed by atoms with Crippen LogP contribution in [0.15, 0.2) is 22.8 Å². The predicted octanol–water partition coefficient (Wildman–Crippen LogP) is 2.39. The molecule has 5 heteroatoms. The number of aliphatic carboxylic acids is 1. The first kappa shape index (κ1) is 14.3. The molecule has 0 radical (unpaired) electrons. The van der Waals surface area contributed by atoms with Gasteiger partial charge in [-0.05, 0) is 18.6 Å². The monoisotopic (exact) mass is 253 g/mol. The maximum atomic E-state index is 12.1. The summed E-state index contributed by atoms with van der Waals surface area (Å²) in [5.74, 6) is -0.878. The summed E-state index contributed by atoms with van der Waals surface area (Å²) in [5, 5.41) is 8.68. The number of nitrogens with zero attached hydrogens (tertiary/aromatic N) is 1. The molecular formula is C13H19NO4. The van der Waals surface area contributed by atoms with Gasteiger partial charge in [0.05, 0.1) is 12.7 Å². The van der Waals surface area contributed by atoms with Crippen LogP contribution in [-0.2, 0) is 4.79 Å². The van der Waals surface area contributed by atoms with Gasteiger partial charge >= 0.3 is 5.97 Å². The van der Waals surface area contributed by atoms with Gasteiger partial charge in [0.25, 0.3) is 5.91 Å². The molecule has 18 heavy (non-hydrogen) atoms. The van der Waals surface area contributed by atoms with Gasteiger partial charge in [-0.2, -0.15) is 0 Å². The minimum Gasteiger partial charge on any atom is -0.481 e. The van der Waals surface area contributed by atoms with E-state index < -0.39 is 5.97 Å². The van der Waals surface area contributed by atoms with E-state index in [0.717, 1.165) is 19.3 Å². The van der Waals surface area contributed by atoms with Gasteiger partial charge in [-0.3, -0.25) is 9.59 Å². The maximum absolute atomic E-state index is 12.1. The van der Waals surface area contributed by atoms with Crippen LogP contribution in [0.25, 0.3) is 0 Å². The zero-order valence-electron chi connectivity index (χ0n) is 10.6. The average Bonchev–Trinajstić information content (AvgIpc) is 2.86. The molecule has 0 unspecified atom stereocenters. The van der Waals surface area contributed by atoms with Gasteiger partial charge in [-0.25, -0.2) is 0 Å². The highest BCUT2D eigenvalue weighted by molar-refractivity contribution is 5.91. The van der Waals surface area contributed by atoms with Crippen LogP contribution in [0.4, 0.5) is 0 Å². The maximum Gasteiger partial charge on any atom is 0.305 e. The second-order valence-corrected chi connectivity index (χ2v) is 4.12. The van der Waals surface area contributed by atoms with E-state index >= 15 is 0 Å². The molecule has 0 fully saturated rings. The smallest absolute Gasteiger partial charge is 0.305 e. The van der Waals surface area contributed by atoms with Crippen molar-refractivity contribution in [2.24, 2.45) is 0 Å². The first-order valence-electron chi connectivity index (χ1n) is 6.19. The van der Waals surface area contributed by atoms with E-state index in [2.05, 4.69) is 6.92 Å². The van der Waals surface area contributed by atoms with Crippen LogP contribution < -0.4 is 0 Å². The molecule has 100 valence electrons. The summed E-state index contributed by atoms with van der Waals surface area (Å²) in [4.78, 5) is 24.2. The highest BCUT2D eigenvalue weighted by Gasteiger charge is 2.18. The minimum absolute atomic E-state index is 0.0431. The Hall–Kier alpha value is -1.78. The fourth-order valence-electron chi connectivity index (χ4n) is 1.65. The Balaban J connectivity index is 2.57. The summed E-state index contributed by atoms with van der Waals surface area (Å²) >= 11 is 0. The second-order valence-electron chi connectivity index (χ2n) is 4.12. The van der Waals surface area contributed by atoms with Gasteiger partial charge in [0.1, 0.15) is 0 Å². The Morgan fingerprint density at radius 3 is 2.67 bits per heavy atom. The van der Waals surface area contributed by atoms with E-state index in [-0.39, 0.29) is 24.6 Å². The number of carboxylic acid groups (broad SMARTS) is 1. The molecule has 0 spiro atoms. The van der Waals surface area contributed by atoms with E-state index in [9.17, 15) is 9.59 Å². The summed E-state index contributed by atoms with van der Waals surface area (Å²) < 4.78 is 5.05. The summed E-state index contributed by atoms with van der Waals surface area (Å²) in [5.41, 5.74) is 0. The highest BCUT2D eigenvalue weighted by atomic mass is 16.4. The number of rotatable bonds is 8. The highest BCUT2D eigenvalue weighted by Crippen LogP contribution is 2.08. The third-order valence-electron chi connectivity index (χ3n) is 2.65. The number of hydrogen-bond donors (Lipinski definition) is 1. The molecule has 1 amide bonds. The molecule has 0 aliphatic rings. The van der Waals surface area contributed by atoms with E-state index in [0.29, 0.717) is 6.54 Å². The lowest BCUT2D eigenvalue weighted by atomic mass is 10.2. The second kappa shape index (κ2) is 7.53. The number of carboxylic acids is 1. The summed E-state index contributed by atoms with van der Waals surface area (Å²) in [7, 11) is 0. The molecule has 1 rings (SSSR count). The third-order valence-corrected chi connectivity index (χ3v) is 2.65. The summed E-state index contributed by atoms with van der Waals surface area (Å²) in [6.07, 6.45) is 4.35. The van der Waals surface area contributed by atoms with Crippen LogP contribution in [0.2, 0.25) is 0 Å². The molecule has 0 atom stereocenters. The van der Waals surface area contributed by atoms with Gasteiger partial charge < -0.3 is 14.4 Å². The molecule has 1 heterocycles. The molecule has 5 nitrogen and oxygen atoms in total. The lowest BCUT2D eigenvalue weighted by Crippen LogP contribution is -2.33. The Kier molecular flexibility index (Phi) is 5.97. The Morgan fingerprint density at radius 1 is 1.33 bits per heavy atom. The van der Waals surface area contributed by atoms with Crippen molar-refractivity contribution in [3.8, 4) is 0 Å². The lowest BCUT2D eigenvalue weighted by Gasteiger charge is -2.20. The average molecular weight is 253 g/mol. The Labute approximate surface area is 106 Å². The SMILES string of the molecule is CCCCCN(CCC(=O)O)C(=O)c1ccco1. The van der Waals surface area contributed by atoms with Crippen molar-refractivity contribution in [3.63, 3.8) is 0 Å². The van der Waals surface area contributed by atoms with Crippen LogP contribution in [0.3, 0.4) is 0 Å². The third kappa shape index (κ3) is 4.61. The number of carbonyl (C=O) groups excluding carboxylic acids is 1. The van der Waals surface area contributed by atoms with Gasteiger partial charge in [-0.1, -0.05) is 19.8 Å².